The zero-order valence-electron chi connectivity index (χ0n) is 19.2. The van der Waals surface area contributed by atoms with Crippen molar-refractivity contribution < 1.29 is 27.4 Å². The third-order valence-corrected chi connectivity index (χ3v) is 9.28. The zero-order chi connectivity index (χ0) is 22.6. The molecule has 2 fully saturated rings. The van der Waals surface area contributed by atoms with E-state index in [1.165, 1.54) is 14.2 Å². The second kappa shape index (κ2) is 10.3. The fourth-order valence-electron chi connectivity index (χ4n) is 5.26. The molecule has 1 saturated carbocycles. The van der Waals surface area contributed by atoms with E-state index in [2.05, 4.69) is 6.92 Å². The quantitative estimate of drug-likeness (QED) is 0.540. The maximum atomic E-state index is 13.5. The molecule has 1 aromatic carbocycles. The van der Waals surface area contributed by atoms with Crippen LogP contribution in [0, 0.1) is 11.8 Å². The van der Waals surface area contributed by atoms with Gasteiger partial charge >= 0.3 is 5.97 Å². The number of rotatable bonds is 8. The van der Waals surface area contributed by atoms with E-state index in [0.29, 0.717) is 36.9 Å². The van der Waals surface area contributed by atoms with Crippen molar-refractivity contribution in [1.82, 2.24) is 0 Å². The first kappa shape index (κ1) is 24.1. The van der Waals surface area contributed by atoms with Gasteiger partial charge in [-0.2, -0.15) is 0 Å². The normalized spacial score (nSPS) is 26.6. The molecule has 2 aliphatic rings. The summed E-state index contributed by atoms with van der Waals surface area (Å²) in [6.45, 7) is 5.41. The number of ether oxygens (including phenoxy) is 3. The number of hydrogen-bond donors (Lipinski definition) is 0. The lowest BCUT2D eigenvalue weighted by atomic mass is 9.80. The summed E-state index contributed by atoms with van der Waals surface area (Å²) in [4.78, 5) is 12.7. The van der Waals surface area contributed by atoms with Crippen molar-refractivity contribution in [3.8, 4) is 5.75 Å². The van der Waals surface area contributed by atoms with Gasteiger partial charge < -0.3 is 14.2 Å². The van der Waals surface area contributed by atoms with Crippen molar-refractivity contribution in [2.45, 2.75) is 69.3 Å². The van der Waals surface area contributed by atoms with Crippen molar-refractivity contribution in [1.29, 1.82) is 0 Å². The summed E-state index contributed by atoms with van der Waals surface area (Å²) in [6.07, 6.45) is 5.72. The molecule has 0 radical (unpaired) electrons. The van der Waals surface area contributed by atoms with E-state index in [0.717, 1.165) is 37.7 Å². The molecule has 174 valence electrons. The van der Waals surface area contributed by atoms with E-state index < -0.39 is 15.8 Å². The van der Waals surface area contributed by atoms with Gasteiger partial charge in [0.05, 0.1) is 31.8 Å². The molecule has 1 aromatic rings. The monoisotopic (exact) mass is 452 g/mol. The Morgan fingerprint density at radius 1 is 1.19 bits per heavy atom. The number of carbonyl (C=O) groups is 1. The van der Waals surface area contributed by atoms with Gasteiger partial charge in [-0.25, -0.2) is 13.2 Å². The van der Waals surface area contributed by atoms with Crippen LogP contribution in [0.25, 0.3) is 0 Å². The van der Waals surface area contributed by atoms with Gasteiger partial charge in [-0.15, -0.1) is 0 Å². The second-order valence-electron chi connectivity index (χ2n) is 9.06. The molecule has 7 heteroatoms. The summed E-state index contributed by atoms with van der Waals surface area (Å²) in [5.41, 5.74) is 1.55. The summed E-state index contributed by atoms with van der Waals surface area (Å²) in [7, 11) is -0.625. The highest BCUT2D eigenvalue weighted by atomic mass is 32.2. The third kappa shape index (κ3) is 5.25. The first-order valence-corrected chi connectivity index (χ1v) is 13.1. The van der Waals surface area contributed by atoms with Crippen molar-refractivity contribution in [3.63, 3.8) is 0 Å². The molecular formula is C24H36O6S. The molecule has 6 nitrogen and oxygen atoms in total. The average molecular weight is 453 g/mol. The topological polar surface area (TPSA) is 78.9 Å². The van der Waals surface area contributed by atoms with Crippen LogP contribution < -0.4 is 4.74 Å². The molecule has 0 aromatic heterocycles. The smallest absolute Gasteiger partial charge is 0.341 e. The van der Waals surface area contributed by atoms with Crippen molar-refractivity contribution >= 4 is 15.8 Å². The standard InChI is InChI=1S/C24H36O6S/c1-5-6-17-8-7-16(2)21(13-17)31(26,27)15-19-9-10-20(18-11-12-30-14-18)23(28-3)22(19)24(25)29-4/h9-10,16-18,21H,5-8,11-15H2,1-4H3. The summed E-state index contributed by atoms with van der Waals surface area (Å²) in [5, 5.41) is -0.378. The summed E-state index contributed by atoms with van der Waals surface area (Å²) >= 11 is 0. The van der Waals surface area contributed by atoms with Gasteiger partial charge in [-0.05, 0) is 36.7 Å². The highest BCUT2D eigenvalue weighted by molar-refractivity contribution is 7.91. The number of sulfone groups is 1. The lowest BCUT2D eigenvalue weighted by molar-refractivity contribution is 0.0595. The average Bonchev–Trinajstić information content (AvgIpc) is 3.28. The second-order valence-corrected chi connectivity index (χ2v) is 11.3. The maximum Gasteiger partial charge on any atom is 0.341 e. The minimum absolute atomic E-state index is 0.122. The van der Waals surface area contributed by atoms with Crippen LogP contribution in [0.1, 0.15) is 79.8 Å². The molecule has 4 unspecified atom stereocenters. The lowest BCUT2D eigenvalue weighted by Crippen LogP contribution is -2.35. The number of carbonyl (C=O) groups excluding carboxylic acids is 1. The molecule has 3 rings (SSSR count). The van der Waals surface area contributed by atoms with Crippen LogP contribution in [0.4, 0.5) is 0 Å². The van der Waals surface area contributed by atoms with Crippen LogP contribution in [0.2, 0.25) is 0 Å². The molecule has 0 bridgehead atoms. The fourth-order valence-corrected chi connectivity index (χ4v) is 7.56. The van der Waals surface area contributed by atoms with Crippen molar-refractivity contribution in [2.24, 2.45) is 11.8 Å². The Morgan fingerprint density at radius 3 is 2.58 bits per heavy atom. The van der Waals surface area contributed by atoms with E-state index in [-0.39, 0.29) is 28.4 Å². The molecule has 1 saturated heterocycles. The van der Waals surface area contributed by atoms with Crippen LogP contribution in [0.5, 0.6) is 5.75 Å². The van der Waals surface area contributed by atoms with E-state index >= 15 is 0 Å². The molecule has 4 atom stereocenters. The predicted molar refractivity (Wildman–Crippen MR) is 120 cm³/mol. The van der Waals surface area contributed by atoms with Gasteiger partial charge in [0.25, 0.3) is 0 Å². The van der Waals surface area contributed by atoms with Crippen LogP contribution >= 0.6 is 0 Å². The van der Waals surface area contributed by atoms with Gasteiger partial charge in [-0.3, -0.25) is 0 Å². The van der Waals surface area contributed by atoms with Gasteiger partial charge in [0.15, 0.2) is 9.84 Å². The largest absolute Gasteiger partial charge is 0.496 e. The minimum atomic E-state index is -3.45. The van der Waals surface area contributed by atoms with Gasteiger partial charge in [0, 0.05) is 18.1 Å². The fraction of sp³-hybridized carbons (Fsp3) is 0.708. The van der Waals surface area contributed by atoms with E-state index in [4.69, 9.17) is 14.2 Å². The molecular weight excluding hydrogens is 416 g/mol. The van der Waals surface area contributed by atoms with Gasteiger partial charge in [0.1, 0.15) is 11.3 Å². The Hall–Kier alpha value is -1.60. The van der Waals surface area contributed by atoms with Crippen LogP contribution in [0.3, 0.4) is 0 Å². The van der Waals surface area contributed by atoms with Crippen molar-refractivity contribution in [3.05, 3.63) is 28.8 Å². The number of esters is 1. The summed E-state index contributed by atoms with van der Waals surface area (Å²) < 4.78 is 43.2. The third-order valence-electron chi connectivity index (χ3n) is 6.98. The van der Waals surface area contributed by atoms with Crippen LogP contribution in [0.15, 0.2) is 12.1 Å². The van der Waals surface area contributed by atoms with Crippen LogP contribution in [-0.2, 0) is 25.1 Å². The summed E-state index contributed by atoms with van der Waals surface area (Å²) in [6, 6.07) is 3.65. The molecule has 1 heterocycles. The Bertz CT molecular complexity index is 872. The predicted octanol–water partition coefficient (Wildman–Crippen LogP) is 4.51. The van der Waals surface area contributed by atoms with E-state index in [1.807, 2.05) is 13.0 Å². The summed E-state index contributed by atoms with van der Waals surface area (Å²) in [5.74, 6) is 0.372. The molecule has 0 N–H and O–H groups in total. The molecule has 1 aliphatic carbocycles. The Morgan fingerprint density at radius 2 is 1.97 bits per heavy atom. The van der Waals surface area contributed by atoms with Gasteiger partial charge in [-0.1, -0.05) is 45.2 Å². The van der Waals surface area contributed by atoms with Crippen molar-refractivity contribution in [2.75, 3.05) is 27.4 Å². The van der Waals surface area contributed by atoms with E-state index in [1.54, 1.807) is 6.07 Å². The molecule has 1 aliphatic heterocycles. The number of hydrogen-bond acceptors (Lipinski definition) is 6. The number of benzene rings is 1. The lowest BCUT2D eigenvalue weighted by Gasteiger charge is -2.34. The Balaban J connectivity index is 1.96. The Kier molecular flexibility index (Phi) is 8.03. The Labute approximate surface area is 186 Å². The highest BCUT2D eigenvalue weighted by Crippen LogP contribution is 2.40. The zero-order valence-corrected chi connectivity index (χ0v) is 20.0. The SMILES string of the molecule is CCCC1CCC(C)C(S(=O)(=O)Cc2ccc(C3CCOC3)c(OC)c2C(=O)OC)C1. The molecule has 0 spiro atoms. The molecule has 0 amide bonds. The number of methoxy groups -OCH3 is 2. The van der Waals surface area contributed by atoms with E-state index in [9.17, 15) is 13.2 Å². The van der Waals surface area contributed by atoms with Gasteiger partial charge in [0.2, 0.25) is 0 Å². The molecule has 31 heavy (non-hydrogen) atoms. The highest BCUT2D eigenvalue weighted by Gasteiger charge is 2.38. The maximum absolute atomic E-state index is 13.5. The first-order chi connectivity index (χ1) is 14.8. The first-order valence-electron chi connectivity index (χ1n) is 11.4. The van der Waals surface area contributed by atoms with Crippen LogP contribution in [-0.4, -0.2) is 47.1 Å². The minimum Gasteiger partial charge on any atom is -0.496 e.